The van der Waals surface area contributed by atoms with Crippen LogP contribution in [0.4, 0.5) is 19.0 Å². The molecule has 2 atom stereocenters. The third-order valence-electron chi connectivity index (χ3n) is 4.70. The Morgan fingerprint density at radius 3 is 2.72 bits per heavy atom. The van der Waals surface area contributed by atoms with Crippen LogP contribution in [0.25, 0.3) is 0 Å². The lowest BCUT2D eigenvalue weighted by atomic mass is 9.97. The van der Waals surface area contributed by atoms with E-state index in [4.69, 9.17) is 0 Å². The second kappa shape index (κ2) is 7.83. The molecule has 1 aromatic carbocycles. The van der Waals surface area contributed by atoms with E-state index in [2.05, 4.69) is 31.7 Å². The van der Waals surface area contributed by atoms with Crippen molar-refractivity contribution in [2.24, 2.45) is 0 Å². The first-order valence-electron chi connectivity index (χ1n) is 8.80. The monoisotopic (exact) mass is 484 g/mol. The number of nitrogens with zero attached hydrogens (tertiary/aromatic N) is 2. The van der Waals surface area contributed by atoms with E-state index in [0.717, 1.165) is 19.6 Å². The van der Waals surface area contributed by atoms with Gasteiger partial charge in [-0.3, -0.25) is 4.79 Å². The molecule has 0 fully saturated rings. The van der Waals surface area contributed by atoms with Crippen LogP contribution in [-0.4, -0.2) is 21.9 Å². The van der Waals surface area contributed by atoms with Crippen LogP contribution < -0.4 is 10.6 Å². The van der Waals surface area contributed by atoms with Crippen LogP contribution in [0.5, 0.6) is 0 Å². The van der Waals surface area contributed by atoms with Crippen LogP contribution in [0, 0.1) is 0 Å². The number of nitrogens with one attached hydrogen (secondary N) is 2. The summed E-state index contributed by atoms with van der Waals surface area (Å²) < 4.78 is 42.9. The molecular formula is C19H16BrF3N4OS. The number of benzene rings is 1. The molecular weight excluding hydrogens is 469 g/mol. The molecule has 29 heavy (non-hydrogen) atoms. The minimum absolute atomic E-state index is 0.0465. The molecule has 3 heterocycles. The molecule has 3 aromatic rings. The van der Waals surface area contributed by atoms with Crippen LogP contribution in [0.1, 0.15) is 39.4 Å². The van der Waals surface area contributed by atoms with Gasteiger partial charge in [0.25, 0.3) is 5.91 Å². The van der Waals surface area contributed by atoms with Crippen molar-refractivity contribution in [3.05, 3.63) is 68.5 Å². The van der Waals surface area contributed by atoms with Crippen LogP contribution in [0.3, 0.4) is 0 Å². The largest absolute Gasteiger partial charge is 0.410 e. The molecule has 0 radical (unpaired) electrons. The Bertz CT molecular complexity index is 1000. The van der Waals surface area contributed by atoms with Crippen molar-refractivity contribution < 1.29 is 18.0 Å². The van der Waals surface area contributed by atoms with Crippen LogP contribution in [0.2, 0.25) is 0 Å². The summed E-state index contributed by atoms with van der Waals surface area (Å²) in [5, 5.41) is 11.6. The maximum atomic E-state index is 13.7. The molecule has 1 aliphatic rings. The van der Waals surface area contributed by atoms with Gasteiger partial charge in [0.15, 0.2) is 11.7 Å². The van der Waals surface area contributed by atoms with Crippen molar-refractivity contribution in [1.29, 1.82) is 0 Å². The Kier molecular flexibility index (Phi) is 5.39. The average Bonchev–Trinajstić information content (AvgIpc) is 3.34. The second-order valence-electron chi connectivity index (χ2n) is 6.66. The van der Waals surface area contributed by atoms with Gasteiger partial charge < -0.3 is 10.6 Å². The van der Waals surface area contributed by atoms with E-state index in [9.17, 15) is 18.0 Å². The summed E-state index contributed by atoms with van der Waals surface area (Å²) in [7, 11) is 0. The number of hydrogen-bond acceptors (Lipinski definition) is 4. The quantitative estimate of drug-likeness (QED) is 0.528. The first-order chi connectivity index (χ1) is 13.8. The van der Waals surface area contributed by atoms with E-state index in [1.807, 2.05) is 17.5 Å². The Morgan fingerprint density at radius 2 is 2.07 bits per heavy atom. The van der Waals surface area contributed by atoms with Gasteiger partial charge in [0.05, 0.1) is 12.6 Å². The normalized spacial score (nSPS) is 18.8. The lowest BCUT2D eigenvalue weighted by Crippen LogP contribution is -2.35. The molecule has 4 rings (SSSR count). The number of fused-ring (bicyclic) bond motifs is 1. The summed E-state index contributed by atoms with van der Waals surface area (Å²) >= 11 is 4.81. The number of anilines is 1. The number of halogens is 4. The summed E-state index contributed by atoms with van der Waals surface area (Å²) in [6.45, 7) is 0.302. The van der Waals surface area contributed by atoms with Crippen molar-refractivity contribution in [2.45, 2.75) is 31.2 Å². The minimum atomic E-state index is -4.48. The molecule has 0 bridgehead atoms. The number of carbonyl (C=O) groups is 1. The fraction of sp³-hybridized carbons (Fsp3) is 0.263. The minimum Gasteiger partial charge on any atom is -0.363 e. The summed E-state index contributed by atoms with van der Waals surface area (Å²) in [5.74, 6) is -0.337. The van der Waals surface area contributed by atoms with E-state index in [1.54, 1.807) is 24.3 Å². The molecule has 10 heteroatoms. The summed E-state index contributed by atoms with van der Waals surface area (Å²) in [5.41, 5.74) is 0.688. The fourth-order valence-electron chi connectivity index (χ4n) is 3.27. The van der Waals surface area contributed by atoms with Crippen molar-refractivity contribution >= 4 is 39.0 Å². The highest BCUT2D eigenvalue weighted by atomic mass is 79.9. The number of alkyl halides is 3. The molecule has 5 nitrogen and oxygen atoms in total. The molecule has 0 saturated carbocycles. The number of hydrogen-bond donors (Lipinski definition) is 2. The summed E-state index contributed by atoms with van der Waals surface area (Å²) in [6.07, 6.45) is -4.70. The maximum absolute atomic E-state index is 13.7. The average molecular weight is 485 g/mol. The Labute approximate surface area is 177 Å². The fourth-order valence-corrected chi connectivity index (χ4v) is 4.18. The topological polar surface area (TPSA) is 59.0 Å². The van der Waals surface area contributed by atoms with Crippen LogP contribution in [-0.2, 0) is 6.54 Å². The van der Waals surface area contributed by atoms with E-state index in [-0.39, 0.29) is 17.9 Å². The predicted molar refractivity (Wildman–Crippen MR) is 108 cm³/mol. The predicted octanol–water partition coefficient (Wildman–Crippen LogP) is 5.30. The lowest BCUT2D eigenvalue weighted by Gasteiger charge is -2.33. The SMILES string of the molecule is O=C(NCc1cccs1)c1cc2n(n1)[C@@H](C(F)(F)F)C[C@@H](c1ccc(Br)cc1)N2. The smallest absolute Gasteiger partial charge is 0.363 e. The van der Waals surface area contributed by atoms with E-state index < -0.39 is 24.2 Å². The first kappa shape index (κ1) is 20.0. The van der Waals surface area contributed by atoms with E-state index in [1.165, 1.54) is 17.4 Å². The Hall–Kier alpha value is -2.33. The van der Waals surface area contributed by atoms with Gasteiger partial charge in [-0.05, 0) is 29.1 Å². The van der Waals surface area contributed by atoms with Gasteiger partial charge in [0.1, 0.15) is 5.82 Å². The molecule has 0 unspecified atom stereocenters. The third-order valence-corrected chi connectivity index (χ3v) is 6.10. The van der Waals surface area contributed by atoms with Crippen molar-refractivity contribution in [3.8, 4) is 0 Å². The van der Waals surface area contributed by atoms with Crippen LogP contribution in [0.15, 0.2) is 52.3 Å². The van der Waals surface area contributed by atoms with Crippen molar-refractivity contribution in [3.63, 3.8) is 0 Å². The van der Waals surface area contributed by atoms with Crippen LogP contribution >= 0.6 is 27.3 Å². The third kappa shape index (κ3) is 4.32. The zero-order chi connectivity index (χ0) is 20.6. The molecule has 2 aromatic heterocycles. The molecule has 1 amide bonds. The van der Waals surface area contributed by atoms with Gasteiger partial charge >= 0.3 is 6.18 Å². The molecule has 1 aliphatic heterocycles. The maximum Gasteiger partial charge on any atom is 0.410 e. The number of aromatic nitrogens is 2. The standard InChI is InChI=1S/C19H16BrF3N4OS/c20-12-5-3-11(4-6-12)14-8-16(19(21,22)23)27-17(25-14)9-15(26-27)18(28)24-10-13-2-1-7-29-13/h1-7,9,14,16,25H,8,10H2,(H,24,28)/t14-,16+/m0/s1. The number of carbonyl (C=O) groups excluding carboxylic acids is 1. The van der Waals surface area contributed by atoms with Crippen molar-refractivity contribution in [1.82, 2.24) is 15.1 Å². The van der Waals surface area contributed by atoms with Gasteiger partial charge in [-0.15, -0.1) is 11.3 Å². The van der Waals surface area contributed by atoms with E-state index >= 15 is 0 Å². The Morgan fingerprint density at radius 1 is 1.31 bits per heavy atom. The van der Waals surface area contributed by atoms with Gasteiger partial charge in [0, 0.05) is 21.8 Å². The highest BCUT2D eigenvalue weighted by molar-refractivity contribution is 9.10. The summed E-state index contributed by atoms with van der Waals surface area (Å²) in [4.78, 5) is 13.4. The van der Waals surface area contributed by atoms with Gasteiger partial charge in [0.2, 0.25) is 0 Å². The highest BCUT2D eigenvalue weighted by Gasteiger charge is 2.46. The lowest BCUT2D eigenvalue weighted by molar-refractivity contribution is -0.173. The second-order valence-corrected chi connectivity index (χ2v) is 8.61. The number of amides is 1. The van der Waals surface area contributed by atoms with Gasteiger partial charge in [-0.25, -0.2) is 4.68 Å². The molecule has 0 aliphatic carbocycles. The van der Waals surface area contributed by atoms with Gasteiger partial charge in [-0.1, -0.05) is 34.1 Å². The highest BCUT2D eigenvalue weighted by Crippen LogP contribution is 2.43. The van der Waals surface area contributed by atoms with Gasteiger partial charge in [-0.2, -0.15) is 18.3 Å². The molecule has 2 N–H and O–H groups in total. The molecule has 152 valence electrons. The summed E-state index contributed by atoms with van der Waals surface area (Å²) in [6, 6.07) is 9.87. The first-order valence-corrected chi connectivity index (χ1v) is 10.5. The Balaban J connectivity index is 1.59. The molecule has 0 spiro atoms. The zero-order valence-corrected chi connectivity index (χ0v) is 17.3. The number of thiophene rings is 1. The number of rotatable bonds is 4. The molecule has 0 saturated heterocycles. The van der Waals surface area contributed by atoms with E-state index in [0.29, 0.717) is 6.54 Å². The van der Waals surface area contributed by atoms with Crippen molar-refractivity contribution in [2.75, 3.05) is 5.32 Å². The zero-order valence-electron chi connectivity index (χ0n) is 14.9.